The standard InChI is InChI=1S/C18H21F2NO3.ClH/c1-11(13-5-6-14(19)15(20)9-13)21-10-12-7-16(22-2)18(24-4)17(8-12)23-3;/h5-9,11,21H,10H2,1-4H3;1H. The molecule has 0 heterocycles. The molecule has 0 aliphatic carbocycles. The summed E-state index contributed by atoms with van der Waals surface area (Å²) in [5.74, 6) is -0.0508. The van der Waals surface area contributed by atoms with Gasteiger partial charge in [-0.15, -0.1) is 12.4 Å². The summed E-state index contributed by atoms with van der Waals surface area (Å²) in [6.07, 6.45) is 0. The molecule has 0 saturated carbocycles. The molecule has 4 nitrogen and oxygen atoms in total. The van der Waals surface area contributed by atoms with Crippen LogP contribution in [0.1, 0.15) is 24.1 Å². The molecule has 0 bridgehead atoms. The molecule has 0 aromatic heterocycles. The number of ether oxygens (including phenoxy) is 3. The van der Waals surface area contributed by atoms with E-state index in [4.69, 9.17) is 14.2 Å². The summed E-state index contributed by atoms with van der Waals surface area (Å²) in [7, 11) is 4.65. The monoisotopic (exact) mass is 373 g/mol. The molecule has 25 heavy (non-hydrogen) atoms. The third kappa shape index (κ3) is 4.96. The first-order valence-corrected chi connectivity index (χ1v) is 7.47. The van der Waals surface area contributed by atoms with Crippen molar-refractivity contribution in [2.24, 2.45) is 0 Å². The predicted molar refractivity (Wildman–Crippen MR) is 95.0 cm³/mol. The molecule has 2 aromatic rings. The van der Waals surface area contributed by atoms with Crippen molar-refractivity contribution in [1.29, 1.82) is 0 Å². The van der Waals surface area contributed by atoms with E-state index in [0.717, 1.165) is 11.6 Å². The fourth-order valence-corrected chi connectivity index (χ4v) is 2.41. The maximum atomic E-state index is 13.3. The molecule has 1 atom stereocenters. The average Bonchev–Trinajstić information content (AvgIpc) is 2.60. The molecule has 0 saturated heterocycles. The smallest absolute Gasteiger partial charge is 0.203 e. The fourth-order valence-electron chi connectivity index (χ4n) is 2.41. The Labute approximate surface area is 152 Å². The van der Waals surface area contributed by atoms with Gasteiger partial charge in [0.2, 0.25) is 5.75 Å². The first-order valence-electron chi connectivity index (χ1n) is 7.47. The van der Waals surface area contributed by atoms with Gasteiger partial charge >= 0.3 is 0 Å². The summed E-state index contributed by atoms with van der Waals surface area (Å²) in [5, 5.41) is 3.26. The second-order valence-electron chi connectivity index (χ2n) is 5.31. The lowest BCUT2D eigenvalue weighted by Gasteiger charge is -2.17. The Hall–Kier alpha value is -2.05. The van der Waals surface area contributed by atoms with Crippen LogP contribution in [0.15, 0.2) is 30.3 Å². The lowest BCUT2D eigenvalue weighted by molar-refractivity contribution is 0.323. The predicted octanol–water partition coefficient (Wildman–Crippen LogP) is 4.26. The third-order valence-electron chi connectivity index (χ3n) is 3.78. The van der Waals surface area contributed by atoms with Crippen LogP contribution in [0.5, 0.6) is 17.2 Å². The van der Waals surface area contributed by atoms with E-state index < -0.39 is 11.6 Å². The fraction of sp³-hybridized carbons (Fsp3) is 0.333. The van der Waals surface area contributed by atoms with Gasteiger partial charge in [0.1, 0.15) is 0 Å². The number of benzene rings is 2. The maximum Gasteiger partial charge on any atom is 0.203 e. The molecule has 2 aromatic carbocycles. The van der Waals surface area contributed by atoms with Crippen LogP contribution in [0.4, 0.5) is 8.78 Å². The zero-order valence-corrected chi connectivity index (χ0v) is 15.4. The van der Waals surface area contributed by atoms with Gasteiger partial charge in [-0.2, -0.15) is 0 Å². The minimum Gasteiger partial charge on any atom is -0.493 e. The molecule has 7 heteroatoms. The van der Waals surface area contributed by atoms with Crippen molar-refractivity contribution >= 4 is 12.4 Å². The Kier molecular flexibility index (Phi) is 7.93. The molecule has 0 spiro atoms. The Balaban J connectivity index is 0.00000312. The molecule has 2 rings (SSSR count). The van der Waals surface area contributed by atoms with E-state index in [2.05, 4.69) is 5.32 Å². The van der Waals surface area contributed by atoms with E-state index in [0.29, 0.717) is 29.4 Å². The Morgan fingerprint density at radius 2 is 1.52 bits per heavy atom. The van der Waals surface area contributed by atoms with Crippen molar-refractivity contribution in [2.75, 3.05) is 21.3 Å². The van der Waals surface area contributed by atoms with Crippen LogP contribution in [0.3, 0.4) is 0 Å². The van der Waals surface area contributed by atoms with E-state index in [9.17, 15) is 8.78 Å². The van der Waals surface area contributed by atoms with Crippen LogP contribution >= 0.6 is 12.4 Å². The molecular weight excluding hydrogens is 352 g/mol. The maximum absolute atomic E-state index is 13.3. The largest absolute Gasteiger partial charge is 0.493 e. The van der Waals surface area contributed by atoms with E-state index in [1.165, 1.54) is 6.07 Å². The van der Waals surface area contributed by atoms with Crippen LogP contribution < -0.4 is 19.5 Å². The minimum absolute atomic E-state index is 0. The van der Waals surface area contributed by atoms with Crippen molar-refractivity contribution in [3.05, 3.63) is 53.1 Å². The lowest BCUT2D eigenvalue weighted by Crippen LogP contribution is -2.18. The molecule has 0 radical (unpaired) electrons. The van der Waals surface area contributed by atoms with Gasteiger partial charge in [-0.05, 0) is 42.3 Å². The van der Waals surface area contributed by atoms with Crippen LogP contribution in [0.25, 0.3) is 0 Å². The van der Waals surface area contributed by atoms with Gasteiger partial charge in [0.15, 0.2) is 23.1 Å². The quantitative estimate of drug-likeness (QED) is 0.787. The van der Waals surface area contributed by atoms with E-state index in [1.54, 1.807) is 27.4 Å². The average molecular weight is 374 g/mol. The number of hydrogen-bond acceptors (Lipinski definition) is 4. The highest BCUT2D eigenvalue weighted by Crippen LogP contribution is 2.38. The topological polar surface area (TPSA) is 39.7 Å². The summed E-state index contributed by atoms with van der Waals surface area (Å²) in [4.78, 5) is 0. The number of halogens is 3. The van der Waals surface area contributed by atoms with Gasteiger partial charge in [0.05, 0.1) is 21.3 Å². The lowest BCUT2D eigenvalue weighted by atomic mass is 10.1. The molecule has 138 valence electrons. The molecular formula is C18H22ClF2NO3. The van der Waals surface area contributed by atoms with Gasteiger partial charge in [0.25, 0.3) is 0 Å². The van der Waals surface area contributed by atoms with Gasteiger partial charge < -0.3 is 19.5 Å². The second-order valence-corrected chi connectivity index (χ2v) is 5.31. The first kappa shape index (κ1) is 21.0. The zero-order valence-electron chi connectivity index (χ0n) is 14.6. The van der Waals surface area contributed by atoms with E-state index in [-0.39, 0.29) is 18.4 Å². The second kappa shape index (κ2) is 9.44. The summed E-state index contributed by atoms with van der Waals surface area (Å²) in [6.45, 7) is 2.38. The number of rotatable bonds is 7. The Morgan fingerprint density at radius 1 is 0.920 bits per heavy atom. The van der Waals surface area contributed by atoms with Gasteiger partial charge in [-0.3, -0.25) is 0 Å². The van der Waals surface area contributed by atoms with E-state index in [1.807, 2.05) is 19.1 Å². The molecule has 1 N–H and O–H groups in total. The van der Waals surface area contributed by atoms with Crippen LogP contribution in [-0.2, 0) is 6.54 Å². The van der Waals surface area contributed by atoms with Crippen molar-refractivity contribution in [3.63, 3.8) is 0 Å². The van der Waals surface area contributed by atoms with E-state index >= 15 is 0 Å². The zero-order chi connectivity index (χ0) is 17.7. The molecule has 0 aliphatic rings. The first-order chi connectivity index (χ1) is 11.5. The SMILES string of the molecule is COc1cc(CNC(C)c2ccc(F)c(F)c2)cc(OC)c1OC.Cl. The highest BCUT2D eigenvalue weighted by molar-refractivity contribution is 5.85. The minimum atomic E-state index is -0.853. The molecule has 1 unspecified atom stereocenters. The van der Waals surface area contributed by atoms with Gasteiger partial charge in [0, 0.05) is 12.6 Å². The van der Waals surface area contributed by atoms with Crippen LogP contribution in [0.2, 0.25) is 0 Å². The van der Waals surface area contributed by atoms with Crippen LogP contribution in [-0.4, -0.2) is 21.3 Å². The van der Waals surface area contributed by atoms with Crippen molar-refractivity contribution < 1.29 is 23.0 Å². The number of methoxy groups -OCH3 is 3. The number of hydrogen-bond donors (Lipinski definition) is 1. The Bertz CT molecular complexity index is 688. The summed E-state index contributed by atoms with van der Waals surface area (Å²) in [6, 6.07) is 7.41. The molecule has 0 amide bonds. The highest BCUT2D eigenvalue weighted by Gasteiger charge is 2.14. The third-order valence-corrected chi connectivity index (χ3v) is 3.78. The normalized spacial score (nSPS) is 11.4. The summed E-state index contributed by atoms with van der Waals surface area (Å²) < 4.78 is 42.3. The van der Waals surface area contributed by atoms with Crippen LogP contribution in [0, 0.1) is 11.6 Å². The van der Waals surface area contributed by atoms with Crippen molar-refractivity contribution in [2.45, 2.75) is 19.5 Å². The molecule has 0 fully saturated rings. The van der Waals surface area contributed by atoms with Gasteiger partial charge in [-0.1, -0.05) is 6.07 Å². The number of nitrogens with one attached hydrogen (secondary N) is 1. The van der Waals surface area contributed by atoms with Crippen molar-refractivity contribution in [1.82, 2.24) is 5.32 Å². The summed E-state index contributed by atoms with van der Waals surface area (Å²) >= 11 is 0. The summed E-state index contributed by atoms with van der Waals surface area (Å²) in [5.41, 5.74) is 1.58. The van der Waals surface area contributed by atoms with Gasteiger partial charge in [-0.25, -0.2) is 8.78 Å². The highest BCUT2D eigenvalue weighted by atomic mass is 35.5. The van der Waals surface area contributed by atoms with Crippen molar-refractivity contribution in [3.8, 4) is 17.2 Å². The Morgan fingerprint density at radius 3 is 2.00 bits per heavy atom. The molecule has 0 aliphatic heterocycles.